The van der Waals surface area contributed by atoms with E-state index in [2.05, 4.69) is 20.6 Å². The number of nitrogens with one attached hydrogen (secondary N) is 1. The summed E-state index contributed by atoms with van der Waals surface area (Å²) in [7, 11) is -3.13. The maximum atomic E-state index is 12.3. The van der Waals surface area contributed by atoms with Gasteiger partial charge in [0.2, 0.25) is 11.0 Å². The van der Waals surface area contributed by atoms with Gasteiger partial charge in [-0.05, 0) is 12.8 Å². The fraction of sp³-hybridized carbons (Fsp3) is 0.615. The fourth-order valence-corrected chi connectivity index (χ4v) is 4.97. The minimum atomic E-state index is -3.13. The van der Waals surface area contributed by atoms with Crippen LogP contribution in [0.25, 0.3) is 0 Å². The molecule has 2 aliphatic rings. The van der Waals surface area contributed by atoms with Crippen molar-refractivity contribution in [1.82, 2.24) is 15.2 Å². The highest BCUT2D eigenvalue weighted by Crippen LogP contribution is 2.23. The summed E-state index contributed by atoms with van der Waals surface area (Å²) in [6.45, 7) is 1.94. The largest absolute Gasteiger partial charge is 0.295 e. The minimum Gasteiger partial charge on any atom is -0.295 e. The SMILES string of the molecule is CCc1nnc(NC(=O)C2=NN([C@H]3CCS(=O)(=O)C3)C(=O)CC2)s1. The number of rotatable bonds is 4. The predicted octanol–water partition coefficient (Wildman–Crippen LogP) is 0.204. The second kappa shape index (κ2) is 6.55. The number of hydrogen-bond donors (Lipinski definition) is 1. The van der Waals surface area contributed by atoms with Crippen molar-refractivity contribution in [2.75, 3.05) is 16.8 Å². The maximum absolute atomic E-state index is 12.3. The van der Waals surface area contributed by atoms with Crippen molar-refractivity contribution in [3.63, 3.8) is 0 Å². The lowest BCUT2D eigenvalue weighted by molar-refractivity contribution is -0.133. The molecule has 130 valence electrons. The third-order valence-corrected chi connectivity index (χ3v) is 6.60. The van der Waals surface area contributed by atoms with Gasteiger partial charge in [-0.1, -0.05) is 18.3 Å². The van der Waals surface area contributed by atoms with E-state index >= 15 is 0 Å². The van der Waals surface area contributed by atoms with Gasteiger partial charge < -0.3 is 0 Å². The van der Waals surface area contributed by atoms with E-state index in [1.54, 1.807) is 0 Å². The Hall–Kier alpha value is -1.88. The van der Waals surface area contributed by atoms with E-state index < -0.39 is 21.8 Å². The average Bonchev–Trinajstić information content (AvgIpc) is 3.13. The summed E-state index contributed by atoms with van der Waals surface area (Å²) < 4.78 is 23.2. The van der Waals surface area contributed by atoms with Gasteiger partial charge in [-0.3, -0.25) is 14.9 Å². The van der Waals surface area contributed by atoms with E-state index in [-0.39, 0.29) is 36.0 Å². The van der Waals surface area contributed by atoms with E-state index in [1.165, 1.54) is 16.3 Å². The molecule has 0 spiro atoms. The number of aromatic nitrogens is 2. The lowest BCUT2D eigenvalue weighted by Gasteiger charge is -2.27. The number of carbonyl (C=O) groups is 2. The van der Waals surface area contributed by atoms with Crippen LogP contribution in [0, 0.1) is 0 Å². The number of aryl methyl sites for hydroxylation is 1. The lowest BCUT2D eigenvalue weighted by atomic mass is 10.1. The molecule has 1 aromatic rings. The van der Waals surface area contributed by atoms with Crippen LogP contribution in [-0.2, 0) is 25.8 Å². The number of sulfone groups is 1. The molecule has 1 aromatic heterocycles. The van der Waals surface area contributed by atoms with Crippen LogP contribution in [0.4, 0.5) is 5.13 Å². The fourth-order valence-electron chi connectivity index (χ4n) is 2.60. The van der Waals surface area contributed by atoms with E-state index in [1.807, 2.05) is 6.92 Å². The van der Waals surface area contributed by atoms with Crippen LogP contribution in [0.15, 0.2) is 5.10 Å². The van der Waals surface area contributed by atoms with Gasteiger partial charge in [0, 0.05) is 12.8 Å². The number of anilines is 1. The summed E-state index contributed by atoms with van der Waals surface area (Å²) in [6.07, 6.45) is 1.44. The molecule has 0 aliphatic carbocycles. The third kappa shape index (κ3) is 3.61. The molecule has 1 saturated heterocycles. The van der Waals surface area contributed by atoms with Crippen LogP contribution < -0.4 is 5.32 Å². The summed E-state index contributed by atoms with van der Waals surface area (Å²) in [4.78, 5) is 24.3. The zero-order chi connectivity index (χ0) is 17.3. The lowest BCUT2D eigenvalue weighted by Crippen LogP contribution is -2.42. The molecule has 9 nitrogen and oxygen atoms in total. The zero-order valence-corrected chi connectivity index (χ0v) is 14.7. The third-order valence-electron chi connectivity index (χ3n) is 3.87. The summed E-state index contributed by atoms with van der Waals surface area (Å²) >= 11 is 1.28. The normalized spacial score (nSPS) is 23.2. The first-order valence-electron chi connectivity index (χ1n) is 7.61. The van der Waals surface area contributed by atoms with E-state index in [9.17, 15) is 18.0 Å². The Morgan fingerprint density at radius 3 is 2.79 bits per heavy atom. The van der Waals surface area contributed by atoms with Crippen molar-refractivity contribution in [2.45, 2.75) is 38.6 Å². The highest BCUT2D eigenvalue weighted by Gasteiger charge is 2.37. The molecule has 2 aliphatic heterocycles. The molecule has 0 aromatic carbocycles. The summed E-state index contributed by atoms with van der Waals surface area (Å²) in [6, 6.07) is -0.487. The predicted molar refractivity (Wildman–Crippen MR) is 88.5 cm³/mol. The van der Waals surface area contributed by atoms with Crippen molar-refractivity contribution in [2.24, 2.45) is 5.10 Å². The molecular weight excluding hydrogens is 354 g/mol. The minimum absolute atomic E-state index is 0.0447. The number of amides is 2. The zero-order valence-electron chi connectivity index (χ0n) is 13.1. The molecule has 0 radical (unpaired) electrons. The van der Waals surface area contributed by atoms with E-state index in [0.29, 0.717) is 11.6 Å². The van der Waals surface area contributed by atoms with Gasteiger partial charge in [0.25, 0.3) is 5.91 Å². The van der Waals surface area contributed by atoms with E-state index in [4.69, 9.17) is 0 Å². The Morgan fingerprint density at radius 1 is 1.38 bits per heavy atom. The molecule has 24 heavy (non-hydrogen) atoms. The number of hydrazone groups is 1. The van der Waals surface area contributed by atoms with Gasteiger partial charge in [-0.25, -0.2) is 13.4 Å². The van der Waals surface area contributed by atoms with Gasteiger partial charge in [0.05, 0.1) is 17.5 Å². The average molecular weight is 371 g/mol. The highest BCUT2D eigenvalue weighted by atomic mass is 32.2. The van der Waals surface area contributed by atoms with Gasteiger partial charge in [0.15, 0.2) is 9.84 Å². The van der Waals surface area contributed by atoms with Crippen LogP contribution in [-0.4, -0.2) is 58.7 Å². The van der Waals surface area contributed by atoms with Crippen molar-refractivity contribution in [3.8, 4) is 0 Å². The summed E-state index contributed by atoms with van der Waals surface area (Å²) in [5.41, 5.74) is 0.201. The van der Waals surface area contributed by atoms with Crippen molar-refractivity contribution in [3.05, 3.63) is 5.01 Å². The van der Waals surface area contributed by atoms with Crippen LogP contribution in [0.1, 0.15) is 31.2 Å². The first-order valence-corrected chi connectivity index (χ1v) is 10.3. The molecule has 2 amide bonds. The molecule has 11 heteroatoms. The highest BCUT2D eigenvalue weighted by molar-refractivity contribution is 7.91. The Balaban J connectivity index is 1.73. The molecule has 1 fully saturated rings. The topological polar surface area (TPSA) is 122 Å². The Morgan fingerprint density at radius 2 is 2.17 bits per heavy atom. The summed E-state index contributed by atoms with van der Waals surface area (Å²) in [5, 5.41) is 16.9. The number of hydrogen-bond acceptors (Lipinski definition) is 8. The molecule has 3 rings (SSSR count). The molecule has 1 atom stereocenters. The van der Waals surface area contributed by atoms with Gasteiger partial charge >= 0.3 is 0 Å². The van der Waals surface area contributed by atoms with Crippen molar-refractivity contribution >= 4 is 43.8 Å². The standard InChI is InChI=1S/C13H17N5O4S2/c1-2-10-15-16-13(23-10)14-12(20)9-3-4-11(19)18(17-9)8-5-6-24(21,22)7-8/h8H,2-7H2,1H3,(H,14,16,20)/t8-/m0/s1. The van der Waals surface area contributed by atoms with E-state index in [0.717, 1.165) is 11.4 Å². The summed E-state index contributed by atoms with van der Waals surface area (Å²) in [5.74, 6) is -0.749. The van der Waals surface area contributed by atoms with Gasteiger partial charge in [0.1, 0.15) is 10.7 Å². The number of nitrogens with zero attached hydrogens (tertiary/aromatic N) is 4. The van der Waals surface area contributed by atoms with Crippen LogP contribution in [0.5, 0.6) is 0 Å². The Labute approximate surface area is 143 Å². The van der Waals surface area contributed by atoms with Crippen LogP contribution in [0.3, 0.4) is 0 Å². The van der Waals surface area contributed by atoms with Gasteiger partial charge in [-0.2, -0.15) is 5.10 Å². The molecule has 1 N–H and O–H groups in total. The molecule has 3 heterocycles. The molecule has 0 saturated carbocycles. The second-order valence-corrected chi connectivity index (χ2v) is 8.94. The smallest absolute Gasteiger partial charge is 0.273 e. The molecule has 0 unspecified atom stereocenters. The van der Waals surface area contributed by atoms with Gasteiger partial charge in [-0.15, -0.1) is 10.2 Å². The van der Waals surface area contributed by atoms with Crippen molar-refractivity contribution < 1.29 is 18.0 Å². The number of carbonyl (C=O) groups excluding carboxylic acids is 2. The second-order valence-electron chi connectivity index (χ2n) is 5.65. The first kappa shape index (κ1) is 17.0. The molecule has 0 bridgehead atoms. The van der Waals surface area contributed by atoms with Crippen LogP contribution in [0.2, 0.25) is 0 Å². The molecular formula is C13H17N5O4S2. The van der Waals surface area contributed by atoms with Crippen LogP contribution >= 0.6 is 11.3 Å². The Kier molecular flexibility index (Phi) is 4.63. The first-order chi connectivity index (χ1) is 11.4. The Bertz CT molecular complexity index is 801. The van der Waals surface area contributed by atoms with Crippen molar-refractivity contribution in [1.29, 1.82) is 0 Å². The quantitative estimate of drug-likeness (QED) is 0.807. The maximum Gasteiger partial charge on any atom is 0.273 e. The monoisotopic (exact) mass is 371 g/mol.